The maximum Gasteiger partial charge on any atom is 0.178 e. The summed E-state index contributed by atoms with van der Waals surface area (Å²) in [6.45, 7) is 9.83. The number of hydrogen-bond acceptors (Lipinski definition) is 3. The third-order valence-corrected chi connectivity index (χ3v) is 6.67. The first-order valence-electron chi connectivity index (χ1n) is 10.8. The summed E-state index contributed by atoms with van der Waals surface area (Å²) in [5.41, 5.74) is 4.42. The number of carbonyl (C=O) groups excluding carboxylic acids is 1. The highest BCUT2D eigenvalue weighted by atomic mass is 16.1. The lowest BCUT2D eigenvalue weighted by Crippen LogP contribution is -2.50. The van der Waals surface area contributed by atoms with Gasteiger partial charge in [-0.15, -0.1) is 0 Å². The predicted molar refractivity (Wildman–Crippen MR) is 114 cm³/mol. The number of ketones is 1. The molecule has 0 unspecified atom stereocenters. The summed E-state index contributed by atoms with van der Waals surface area (Å²) in [7, 11) is 0. The summed E-state index contributed by atoms with van der Waals surface area (Å²) in [5.74, 6) is 0.265. The van der Waals surface area contributed by atoms with Crippen molar-refractivity contribution in [3.05, 3.63) is 58.9 Å². The molecule has 1 aliphatic carbocycles. The summed E-state index contributed by atoms with van der Waals surface area (Å²) in [5, 5.41) is 0. The van der Waals surface area contributed by atoms with Crippen molar-refractivity contribution in [2.75, 3.05) is 32.7 Å². The van der Waals surface area contributed by atoms with Crippen molar-refractivity contribution >= 4 is 5.78 Å². The third-order valence-electron chi connectivity index (χ3n) is 6.67. The van der Waals surface area contributed by atoms with E-state index in [4.69, 9.17) is 0 Å². The lowest BCUT2D eigenvalue weighted by Gasteiger charge is -2.37. The Morgan fingerprint density at radius 2 is 1.68 bits per heavy atom. The van der Waals surface area contributed by atoms with Gasteiger partial charge in [-0.25, -0.2) is 0 Å². The second kappa shape index (κ2) is 8.62. The van der Waals surface area contributed by atoms with E-state index in [-0.39, 0.29) is 5.78 Å². The van der Waals surface area contributed by atoms with Crippen LogP contribution < -0.4 is 0 Å². The van der Waals surface area contributed by atoms with Gasteiger partial charge in [0.05, 0.1) is 6.54 Å². The molecular formula is C24H33N3O. The van der Waals surface area contributed by atoms with Crippen molar-refractivity contribution in [3.8, 4) is 0 Å². The molecule has 0 atom stereocenters. The van der Waals surface area contributed by atoms with Gasteiger partial charge in [-0.1, -0.05) is 43.2 Å². The number of nitrogens with zero attached hydrogens (tertiary/aromatic N) is 3. The van der Waals surface area contributed by atoms with E-state index in [1.807, 2.05) is 6.07 Å². The molecular weight excluding hydrogens is 346 g/mol. The highest BCUT2D eigenvalue weighted by molar-refractivity contribution is 5.99. The van der Waals surface area contributed by atoms with Crippen LogP contribution in [0.1, 0.15) is 53.0 Å². The number of aryl methyl sites for hydroxylation is 1. The molecule has 1 aromatic carbocycles. The van der Waals surface area contributed by atoms with Crippen LogP contribution >= 0.6 is 0 Å². The van der Waals surface area contributed by atoms with Crippen LogP contribution in [0.5, 0.6) is 0 Å². The van der Waals surface area contributed by atoms with E-state index in [2.05, 4.69) is 58.5 Å². The fourth-order valence-corrected chi connectivity index (χ4v) is 4.94. The molecule has 1 aliphatic heterocycles. The summed E-state index contributed by atoms with van der Waals surface area (Å²) >= 11 is 0. The van der Waals surface area contributed by atoms with Gasteiger partial charge in [0, 0.05) is 55.7 Å². The zero-order valence-corrected chi connectivity index (χ0v) is 17.4. The number of rotatable bonds is 6. The van der Waals surface area contributed by atoms with Crippen LogP contribution in [0.15, 0.2) is 36.4 Å². The highest BCUT2D eigenvalue weighted by Gasteiger charge is 2.27. The van der Waals surface area contributed by atoms with Gasteiger partial charge in [-0.2, -0.15) is 0 Å². The van der Waals surface area contributed by atoms with E-state index in [9.17, 15) is 4.79 Å². The Bertz CT molecular complexity index is 797. The van der Waals surface area contributed by atoms with E-state index in [1.165, 1.54) is 31.2 Å². The van der Waals surface area contributed by atoms with Crippen LogP contribution in [0, 0.1) is 13.8 Å². The molecule has 0 N–H and O–H groups in total. The van der Waals surface area contributed by atoms with Crippen LogP contribution in [-0.2, 0) is 6.54 Å². The molecule has 4 rings (SSSR count). The Kier molecular flexibility index (Phi) is 5.98. The number of benzene rings is 1. The van der Waals surface area contributed by atoms with Crippen molar-refractivity contribution in [2.24, 2.45) is 0 Å². The lowest BCUT2D eigenvalue weighted by atomic mass is 10.1. The van der Waals surface area contributed by atoms with E-state index >= 15 is 0 Å². The van der Waals surface area contributed by atoms with Crippen LogP contribution in [0.4, 0.5) is 0 Å². The van der Waals surface area contributed by atoms with Crippen LogP contribution in [0.3, 0.4) is 0 Å². The number of Topliss-reactive ketones (excluding diaryl/α,β-unsaturated/α-hetero) is 1. The van der Waals surface area contributed by atoms with Crippen LogP contribution in [0.2, 0.25) is 0 Å². The fraction of sp³-hybridized carbons (Fsp3) is 0.542. The molecule has 1 aromatic heterocycles. The first-order valence-corrected chi connectivity index (χ1v) is 10.8. The molecule has 4 nitrogen and oxygen atoms in total. The van der Waals surface area contributed by atoms with Crippen molar-refractivity contribution < 1.29 is 4.79 Å². The van der Waals surface area contributed by atoms with Crippen LogP contribution in [-0.4, -0.2) is 58.9 Å². The summed E-state index contributed by atoms with van der Waals surface area (Å²) < 4.78 is 2.26. The zero-order chi connectivity index (χ0) is 19.5. The Morgan fingerprint density at radius 3 is 2.36 bits per heavy atom. The SMILES string of the molecule is Cc1cc(C(=O)CN2CCN(C3CCCC3)CC2)c(C)n1Cc1ccccc1. The molecule has 2 aliphatic rings. The molecule has 0 radical (unpaired) electrons. The van der Waals surface area contributed by atoms with Crippen molar-refractivity contribution in [1.29, 1.82) is 0 Å². The second-order valence-electron chi connectivity index (χ2n) is 8.53. The number of carbonyl (C=O) groups is 1. The summed E-state index contributed by atoms with van der Waals surface area (Å²) in [4.78, 5) is 18.0. The van der Waals surface area contributed by atoms with Gasteiger partial charge in [-0.05, 0) is 38.3 Å². The fourth-order valence-electron chi connectivity index (χ4n) is 4.94. The third kappa shape index (κ3) is 4.23. The van der Waals surface area contributed by atoms with Gasteiger partial charge in [0.25, 0.3) is 0 Å². The first kappa shape index (κ1) is 19.4. The predicted octanol–water partition coefficient (Wildman–Crippen LogP) is 3.90. The molecule has 2 heterocycles. The maximum absolute atomic E-state index is 13.0. The average Bonchev–Trinajstić information content (AvgIpc) is 3.34. The molecule has 1 saturated heterocycles. The van der Waals surface area contributed by atoms with Gasteiger partial charge in [0.1, 0.15) is 0 Å². The zero-order valence-electron chi connectivity index (χ0n) is 17.4. The minimum atomic E-state index is 0.265. The normalized spacial score (nSPS) is 19.4. The van der Waals surface area contributed by atoms with Crippen molar-refractivity contribution in [1.82, 2.24) is 14.4 Å². The van der Waals surface area contributed by atoms with E-state index in [0.717, 1.165) is 55.7 Å². The van der Waals surface area contributed by atoms with Gasteiger partial charge in [-0.3, -0.25) is 14.6 Å². The molecule has 0 spiro atoms. The molecule has 0 bridgehead atoms. The monoisotopic (exact) mass is 379 g/mol. The van der Waals surface area contributed by atoms with Gasteiger partial charge in [0.15, 0.2) is 5.78 Å². The first-order chi connectivity index (χ1) is 13.6. The molecule has 4 heteroatoms. The molecule has 2 aromatic rings. The molecule has 0 amide bonds. The lowest BCUT2D eigenvalue weighted by molar-refractivity contribution is 0.0774. The topological polar surface area (TPSA) is 28.5 Å². The van der Waals surface area contributed by atoms with Crippen molar-refractivity contribution in [2.45, 2.75) is 52.1 Å². The molecule has 28 heavy (non-hydrogen) atoms. The Balaban J connectivity index is 1.37. The van der Waals surface area contributed by atoms with Gasteiger partial charge >= 0.3 is 0 Å². The van der Waals surface area contributed by atoms with E-state index < -0.39 is 0 Å². The van der Waals surface area contributed by atoms with Crippen LogP contribution in [0.25, 0.3) is 0 Å². The average molecular weight is 380 g/mol. The van der Waals surface area contributed by atoms with Gasteiger partial charge in [0.2, 0.25) is 0 Å². The molecule has 150 valence electrons. The van der Waals surface area contributed by atoms with E-state index in [1.54, 1.807) is 0 Å². The Hall–Kier alpha value is -1.91. The molecule has 2 fully saturated rings. The van der Waals surface area contributed by atoms with E-state index in [0.29, 0.717) is 6.54 Å². The quantitative estimate of drug-likeness (QED) is 0.713. The number of hydrogen-bond donors (Lipinski definition) is 0. The second-order valence-corrected chi connectivity index (χ2v) is 8.53. The number of aromatic nitrogens is 1. The van der Waals surface area contributed by atoms with Crippen molar-refractivity contribution in [3.63, 3.8) is 0 Å². The molecule has 1 saturated carbocycles. The standard InChI is InChI=1S/C24H33N3O/c1-19-16-23(20(2)27(19)17-21-8-4-3-5-9-21)24(28)18-25-12-14-26(15-13-25)22-10-6-7-11-22/h3-5,8-9,16,22H,6-7,10-15,17-18H2,1-2H3. The minimum absolute atomic E-state index is 0.265. The largest absolute Gasteiger partial charge is 0.344 e. The number of piperazine rings is 1. The minimum Gasteiger partial charge on any atom is -0.344 e. The summed E-state index contributed by atoms with van der Waals surface area (Å²) in [6.07, 6.45) is 5.52. The van der Waals surface area contributed by atoms with Gasteiger partial charge < -0.3 is 4.57 Å². The Morgan fingerprint density at radius 1 is 1.00 bits per heavy atom. The Labute approximate surface area is 169 Å². The highest BCUT2D eigenvalue weighted by Crippen LogP contribution is 2.24. The summed E-state index contributed by atoms with van der Waals surface area (Å²) in [6, 6.07) is 13.3. The maximum atomic E-state index is 13.0. The smallest absolute Gasteiger partial charge is 0.178 e.